The van der Waals surface area contributed by atoms with E-state index in [4.69, 9.17) is 4.74 Å². The van der Waals surface area contributed by atoms with Crippen LogP contribution in [-0.4, -0.2) is 12.7 Å². The van der Waals surface area contributed by atoms with E-state index in [0.717, 1.165) is 44.3 Å². The molecule has 3 rings (SSSR count). The number of aryl methyl sites for hydroxylation is 1. The lowest BCUT2D eigenvalue weighted by Gasteiger charge is -2.29. The quantitative estimate of drug-likeness (QED) is 0.284. The fourth-order valence-corrected chi connectivity index (χ4v) is 4.36. The van der Waals surface area contributed by atoms with Crippen molar-refractivity contribution in [2.75, 3.05) is 6.61 Å². The molecular formula is C27H34F2O. The van der Waals surface area contributed by atoms with Crippen LogP contribution in [0.3, 0.4) is 0 Å². The maximum atomic E-state index is 14.6. The fourth-order valence-electron chi connectivity index (χ4n) is 4.36. The summed E-state index contributed by atoms with van der Waals surface area (Å²) in [5.41, 5.74) is 2.73. The second-order valence-corrected chi connectivity index (χ2v) is 8.40. The summed E-state index contributed by atoms with van der Waals surface area (Å²) in [7, 11) is 0. The summed E-state index contributed by atoms with van der Waals surface area (Å²) in [5.74, 6) is -0.974. The Labute approximate surface area is 180 Å². The maximum Gasteiger partial charge on any atom is 0.166 e. The van der Waals surface area contributed by atoms with Gasteiger partial charge in [0.25, 0.3) is 0 Å². The number of halogens is 2. The van der Waals surface area contributed by atoms with E-state index in [-0.39, 0.29) is 0 Å². The first-order valence-electron chi connectivity index (χ1n) is 11.4. The molecule has 0 saturated heterocycles. The third kappa shape index (κ3) is 5.78. The van der Waals surface area contributed by atoms with Gasteiger partial charge in [0.2, 0.25) is 0 Å². The number of benzene rings is 2. The molecule has 1 saturated carbocycles. The molecule has 0 aliphatic heterocycles. The van der Waals surface area contributed by atoms with Gasteiger partial charge in [0.15, 0.2) is 11.6 Å². The average Bonchev–Trinajstić information content (AvgIpc) is 2.78. The van der Waals surface area contributed by atoms with Crippen molar-refractivity contribution in [1.82, 2.24) is 0 Å². The molecule has 2 aromatic carbocycles. The zero-order valence-electron chi connectivity index (χ0n) is 18.1. The summed E-state index contributed by atoms with van der Waals surface area (Å²) < 4.78 is 35.0. The van der Waals surface area contributed by atoms with Crippen LogP contribution in [-0.2, 0) is 11.2 Å². The van der Waals surface area contributed by atoms with Crippen LogP contribution in [0.15, 0.2) is 49.1 Å². The summed E-state index contributed by atoms with van der Waals surface area (Å²) in [6.07, 6.45) is 11.3. The highest BCUT2D eigenvalue weighted by atomic mass is 19.2. The zero-order chi connectivity index (χ0) is 21.3. The smallest absolute Gasteiger partial charge is 0.166 e. The van der Waals surface area contributed by atoms with Gasteiger partial charge in [-0.3, -0.25) is 0 Å². The standard InChI is InChI=1S/C27H34F2O/c1-3-5-7-19-30-24-16-13-21(14-17-24)20-9-11-22(12-10-20)25-18-15-23(8-6-4-2)26(28)27(25)29/h4,9-12,15,18,21,24H,2-3,5-8,13-14,16-17,19H2,1H3. The first-order valence-corrected chi connectivity index (χ1v) is 11.4. The van der Waals surface area contributed by atoms with E-state index in [2.05, 4.69) is 25.6 Å². The minimum atomic E-state index is -0.759. The van der Waals surface area contributed by atoms with Crippen molar-refractivity contribution in [1.29, 1.82) is 0 Å². The van der Waals surface area contributed by atoms with Crippen LogP contribution in [0.1, 0.15) is 75.3 Å². The monoisotopic (exact) mass is 412 g/mol. The van der Waals surface area contributed by atoms with Gasteiger partial charge >= 0.3 is 0 Å². The van der Waals surface area contributed by atoms with Crippen LogP contribution < -0.4 is 0 Å². The Morgan fingerprint density at radius 2 is 1.70 bits per heavy atom. The van der Waals surface area contributed by atoms with Gasteiger partial charge < -0.3 is 4.74 Å². The van der Waals surface area contributed by atoms with Crippen LogP contribution in [0.2, 0.25) is 0 Å². The third-order valence-corrected chi connectivity index (χ3v) is 6.25. The minimum Gasteiger partial charge on any atom is -0.378 e. The predicted molar refractivity (Wildman–Crippen MR) is 121 cm³/mol. The lowest BCUT2D eigenvalue weighted by atomic mass is 9.82. The molecule has 0 unspecified atom stereocenters. The third-order valence-electron chi connectivity index (χ3n) is 6.25. The van der Waals surface area contributed by atoms with Crippen LogP contribution >= 0.6 is 0 Å². The van der Waals surface area contributed by atoms with E-state index < -0.39 is 11.6 Å². The molecule has 30 heavy (non-hydrogen) atoms. The Balaban J connectivity index is 1.59. The first kappa shape index (κ1) is 22.7. The summed E-state index contributed by atoms with van der Waals surface area (Å²) >= 11 is 0. The SMILES string of the molecule is C=CCCc1ccc(-c2ccc(C3CCC(OCCCCC)CC3)cc2)c(F)c1F. The molecule has 0 atom stereocenters. The van der Waals surface area contributed by atoms with Gasteiger partial charge in [-0.05, 0) is 67.6 Å². The number of ether oxygens (including phenoxy) is 1. The topological polar surface area (TPSA) is 9.23 Å². The Hall–Kier alpha value is -2.00. The highest BCUT2D eigenvalue weighted by Gasteiger charge is 2.23. The van der Waals surface area contributed by atoms with Crippen LogP contribution in [0.4, 0.5) is 8.78 Å². The molecule has 0 amide bonds. The summed E-state index contributed by atoms with van der Waals surface area (Å²) in [4.78, 5) is 0. The van der Waals surface area contributed by atoms with Gasteiger partial charge in [0, 0.05) is 12.2 Å². The van der Waals surface area contributed by atoms with E-state index in [1.54, 1.807) is 18.2 Å². The van der Waals surface area contributed by atoms with Crippen molar-refractivity contribution in [3.63, 3.8) is 0 Å². The second-order valence-electron chi connectivity index (χ2n) is 8.40. The van der Waals surface area contributed by atoms with Crippen molar-refractivity contribution in [2.24, 2.45) is 0 Å². The van der Waals surface area contributed by atoms with Crippen molar-refractivity contribution in [3.05, 3.63) is 71.8 Å². The molecule has 0 bridgehead atoms. The van der Waals surface area contributed by atoms with E-state index in [1.807, 2.05) is 12.1 Å². The molecule has 3 heteroatoms. The Morgan fingerprint density at radius 3 is 2.37 bits per heavy atom. The van der Waals surface area contributed by atoms with E-state index in [0.29, 0.717) is 36.0 Å². The lowest BCUT2D eigenvalue weighted by Crippen LogP contribution is -2.21. The molecule has 1 nitrogen and oxygen atoms in total. The molecule has 0 spiro atoms. The van der Waals surface area contributed by atoms with Gasteiger partial charge in [0.1, 0.15) is 0 Å². The summed E-state index contributed by atoms with van der Waals surface area (Å²) in [5, 5.41) is 0. The number of rotatable bonds is 10. The number of unbranched alkanes of at least 4 members (excludes halogenated alkanes) is 2. The Morgan fingerprint density at radius 1 is 0.967 bits per heavy atom. The van der Waals surface area contributed by atoms with Crippen molar-refractivity contribution >= 4 is 0 Å². The Kier molecular flexibility index (Phi) is 8.62. The van der Waals surface area contributed by atoms with Crippen molar-refractivity contribution < 1.29 is 13.5 Å². The maximum absolute atomic E-state index is 14.6. The van der Waals surface area contributed by atoms with Crippen molar-refractivity contribution in [3.8, 4) is 11.1 Å². The van der Waals surface area contributed by atoms with E-state index in [1.165, 1.54) is 18.4 Å². The number of hydrogen-bond donors (Lipinski definition) is 0. The molecule has 1 aliphatic carbocycles. The van der Waals surface area contributed by atoms with E-state index >= 15 is 0 Å². The minimum absolute atomic E-state index is 0.325. The molecule has 0 heterocycles. The molecule has 2 aromatic rings. The normalized spacial score (nSPS) is 19.0. The van der Waals surface area contributed by atoms with Gasteiger partial charge in [-0.15, -0.1) is 6.58 Å². The zero-order valence-corrected chi connectivity index (χ0v) is 18.1. The lowest BCUT2D eigenvalue weighted by molar-refractivity contribution is 0.0227. The predicted octanol–water partition coefficient (Wildman–Crippen LogP) is 7.98. The largest absolute Gasteiger partial charge is 0.378 e. The van der Waals surface area contributed by atoms with Gasteiger partial charge in [0.05, 0.1) is 6.10 Å². The molecule has 162 valence electrons. The van der Waals surface area contributed by atoms with Gasteiger partial charge in [-0.2, -0.15) is 0 Å². The Bertz CT molecular complexity index is 804. The van der Waals surface area contributed by atoms with Gasteiger partial charge in [-0.1, -0.05) is 62.2 Å². The fraction of sp³-hybridized carbons (Fsp3) is 0.481. The molecular weight excluding hydrogens is 378 g/mol. The summed E-state index contributed by atoms with van der Waals surface area (Å²) in [6, 6.07) is 11.4. The average molecular weight is 413 g/mol. The van der Waals surface area contributed by atoms with Crippen LogP contribution in [0, 0.1) is 11.6 Å². The van der Waals surface area contributed by atoms with Crippen molar-refractivity contribution in [2.45, 2.75) is 76.7 Å². The van der Waals surface area contributed by atoms with Crippen LogP contribution in [0.25, 0.3) is 11.1 Å². The molecule has 1 aliphatic rings. The molecule has 0 N–H and O–H groups in total. The van der Waals surface area contributed by atoms with Crippen LogP contribution in [0.5, 0.6) is 0 Å². The molecule has 0 radical (unpaired) electrons. The molecule has 0 aromatic heterocycles. The summed E-state index contributed by atoms with van der Waals surface area (Å²) in [6.45, 7) is 6.73. The number of hydrogen-bond acceptors (Lipinski definition) is 1. The highest BCUT2D eigenvalue weighted by Crippen LogP contribution is 2.35. The molecule has 1 fully saturated rings. The number of allylic oxidation sites excluding steroid dienone is 1. The second kappa shape index (κ2) is 11.4. The highest BCUT2D eigenvalue weighted by molar-refractivity contribution is 5.65. The van der Waals surface area contributed by atoms with E-state index in [9.17, 15) is 8.78 Å². The van der Waals surface area contributed by atoms with Gasteiger partial charge in [-0.25, -0.2) is 8.78 Å². The first-order chi connectivity index (χ1) is 14.6.